The molecule has 0 bridgehead atoms. The molecule has 0 aromatic heterocycles. The van der Waals surface area contributed by atoms with Crippen LogP contribution in [0.15, 0.2) is 53.5 Å². The van der Waals surface area contributed by atoms with Gasteiger partial charge in [0.05, 0.1) is 5.69 Å². The van der Waals surface area contributed by atoms with E-state index in [0.717, 1.165) is 43.5 Å². The van der Waals surface area contributed by atoms with Gasteiger partial charge in [0.1, 0.15) is 0 Å². The number of aliphatic imine (C=N–C) groups is 1. The first kappa shape index (κ1) is 16.8. The molecule has 126 valence electrons. The highest BCUT2D eigenvalue weighted by Crippen LogP contribution is 2.20. The van der Waals surface area contributed by atoms with Crippen molar-refractivity contribution in [3.63, 3.8) is 0 Å². The molecule has 1 aliphatic rings. The summed E-state index contributed by atoms with van der Waals surface area (Å²) >= 11 is 6.10. The summed E-state index contributed by atoms with van der Waals surface area (Å²) in [4.78, 5) is 9.45. The van der Waals surface area contributed by atoms with Crippen molar-refractivity contribution in [1.82, 2.24) is 9.80 Å². The van der Waals surface area contributed by atoms with Crippen LogP contribution >= 0.6 is 11.6 Å². The summed E-state index contributed by atoms with van der Waals surface area (Å²) in [5.74, 6) is 0.871. The molecule has 24 heavy (non-hydrogen) atoms. The SMILES string of the molecule is Cc1cccc(NC(=Nc2cccc(Cl)c2)N2CCN(C)CC2)c1. The summed E-state index contributed by atoms with van der Waals surface area (Å²) in [6.07, 6.45) is 0. The number of anilines is 1. The Bertz CT molecular complexity index is 721. The zero-order chi connectivity index (χ0) is 16.9. The first-order valence-electron chi connectivity index (χ1n) is 8.21. The predicted octanol–water partition coefficient (Wildman–Crippen LogP) is 4.00. The third-order valence-corrected chi connectivity index (χ3v) is 4.36. The average molecular weight is 343 g/mol. The molecule has 1 aliphatic heterocycles. The summed E-state index contributed by atoms with van der Waals surface area (Å²) in [6, 6.07) is 16.0. The van der Waals surface area contributed by atoms with Gasteiger partial charge in [-0.15, -0.1) is 0 Å². The van der Waals surface area contributed by atoms with E-state index in [1.165, 1.54) is 5.56 Å². The summed E-state index contributed by atoms with van der Waals surface area (Å²) in [7, 11) is 2.15. The van der Waals surface area contributed by atoms with Crippen LogP contribution in [0.4, 0.5) is 11.4 Å². The number of hydrogen-bond acceptors (Lipinski definition) is 2. The van der Waals surface area contributed by atoms with E-state index in [1.54, 1.807) is 0 Å². The molecular weight excluding hydrogens is 320 g/mol. The van der Waals surface area contributed by atoms with Crippen LogP contribution in [-0.4, -0.2) is 49.0 Å². The molecule has 1 N–H and O–H groups in total. The summed E-state index contributed by atoms with van der Waals surface area (Å²) in [5.41, 5.74) is 3.13. The predicted molar refractivity (Wildman–Crippen MR) is 102 cm³/mol. The Balaban J connectivity index is 1.88. The second-order valence-corrected chi connectivity index (χ2v) is 6.64. The van der Waals surface area contributed by atoms with Gasteiger partial charge in [-0.1, -0.05) is 29.8 Å². The minimum absolute atomic E-state index is 0.699. The fraction of sp³-hybridized carbons (Fsp3) is 0.316. The highest BCUT2D eigenvalue weighted by atomic mass is 35.5. The number of piperazine rings is 1. The molecular formula is C19H23ClN4. The molecule has 5 heteroatoms. The lowest BCUT2D eigenvalue weighted by molar-refractivity contribution is 0.215. The molecule has 4 nitrogen and oxygen atoms in total. The minimum Gasteiger partial charge on any atom is -0.340 e. The highest BCUT2D eigenvalue weighted by molar-refractivity contribution is 6.30. The van der Waals surface area contributed by atoms with Gasteiger partial charge in [0.2, 0.25) is 5.96 Å². The number of nitrogens with one attached hydrogen (secondary N) is 1. The maximum atomic E-state index is 6.10. The zero-order valence-corrected chi connectivity index (χ0v) is 14.9. The molecule has 0 radical (unpaired) electrons. The lowest BCUT2D eigenvalue weighted by Gasteiger charge is -2.34. The van der Waals surface area contributed by atoms with E-state index in [1.807, 2.05) is 24.3 Å². The summed E-state index contributed by atoms with van der Waals surface area (Å²) < 4.78 is 0. The van der Waals surface area contributed by atoms with Crippen molar-refractivity contribution in [2.75, 3.05) is 38.5 Å². The first-order chi connectivity index (χ1) is 11.6. The topological polar surface area (TPSA) is 30.9 Å². The molecule has 2 aromatic rings. The molecule has 0 unspecified atom stereocenters. The number of aryl methyl sites for hydroxylation is 1. The van der Waals surface area contributed by atoms with Crippen LogP contribution in [0.1, 0.15) is 5.56 Å². The second-order valence-electron chi connectivity index (χ2n) is 6.20. The first-order valence-corrected chi connectivity index (χ1v) is 8.59. The van der Waals surface area contributed by atoms with Gasteiger partial charge in [-0.3, -0.25) is 0 Å². The van der Waals surface area contributed by atoms with E-state index in [4.69, 9.17) is 16.6 Å². The van der Waals surface area contributed by atoms with Crippen molar-refractivity contribution in [3.8, 4) is 0 Å². The third-order valence-electron chi connectivity index (χ3n) is 4.12. The molecule has 0 atom stereocenters. The van der Waals surface area contributed by atoms with E-state index in [0.29, 0.717) is 5.02 Å². The minimum atomic E-state index is 0.699. The van der Waals surface area contributed by atoms with E-state index in [9.17, 15) is 0 Å². The van der Waals surface area contributed by atoms with Crippen molar-refractivity contribution in [2.45, 2.75) is 6.92 Å². The van der Waals surface area contributed by atoms with Crippen LogP contribution in [0, 0.1) is 6.92 Å². The van der Waals surface area contributed by atoms with Gasteiger partial charge < -0.3 is 15.1 Å². The Kier molecular flexibility index (Phi) is 5.38. The van der Waals surface area contributed by atoms with Gasteiger partial charge in [-0.2, -0.15) is 0 Å². The molecule has 0 aliphatic carbocycles. The van der Waals surface area contributed by atoms with Crippen molar-refractivity contribution in [2.24, 2.45) is 4.99 Å². The Hall–Kier alpha value is -2.04. The van der Waals surface area contributed by atoms with Crippen LogP contribution < -0.4 is 5.32 Å². The van der Waals surface area contributed by atoms with Crippen molar-refractivity contribution in [3.05, 3.63) is 59.1 Å². The van der Waals surface area contributed by atoms with Gasteiger partial charge in [0, 0.05) is 36.9 Å². The van der Waals surface area contributed by atoms with E-state index < -0.39 is 0 Å². The maximum Gasteiger partial charge on any atom is 0.203 e. The summed E-state index contributed by atoms with van der Waals surface area (Å²) in [5, 5.41) is 4.19. The second kappa shape index (κ2) is 7.69. The van der Waals surface area contributed by atoms with E-state index >= 15 is 0 Å². The molecule has 1 fully saturated rings. The Morgan fingerprint density at radius 2 is 1.79 bits per heavy atom. The number of nitrogens with zero attached hydrogens (tertiary/aromatic N) is 3. The number of guanidine groups is 1. The number of benzene rings is 2. The quantitative estimate of drug-likeness (QED) is 0.661. The fourth-order valence-electron chi connectivity index (χ4n) is 2.72. The zero-order valence-electron chi connectivity index (χ0n) is 14.2. The van der Waals surface area contributed by atoms with Gasteiger partial charge in [0.15, 0.2) is 0 Å². The Morgan fingerprint density at radius 3 is 2.50 bits per heavy atom. The van der Waals surface area contributed by atoms with E-state index in [2.05, 4.69) is 53.4 Å². The Morgan fingerprint density at radius 1 is 1.04 bits per heavy atom. The maximum absolute atomic E-state index is 6.10. The Labute approximate surface area is 148 Å². The van der Waals surface area contributed by atoms with Crippen LogP contribution in [-0.2, 0) is 0 Å². The standard InChI is InChI=1S/C19H23ClN4/c1-15-5-3-7-17(13-15)21-19(24-11-9-23(2)10-12-24)22-18-8-4-6-16(20)14-18/h3-8,13-14H,9-12H2,1-2H3,(H,21,22). The smallest absolute Gasteiger partial charge is 0.203 e. The number of rotatable bonds is 2. The molecule has 2 aromatic carbocycles. The van der Waals surface area contributed by atoms with Crippen LogP contribution in [0.2, 0.25) is 5.02 Å². The van der Waals surface area contributed by atoms with Crippen molar-refractivity contribution < 1.29 is 0 Å². The van der Waals surface area contributed by atoms with Gasteiger partial charge in [0.25, 0.3) is 0 Å². The van der Waals surface area contributed by atoms with Gasteiger partial charge in [-0.25, -0.2) is 4.99 Å². The highest BCUT2D eigenvalue weighted by Gasteiger charge is 2.18. The molecule has 0 amide bonds. The number of halogens is 1. The largest absolute Gasteiger partial charge is 0.340 e. The van der Waals surface area contributed by atoms with Gasteiger partial charge in [-0.05, 0) is 49.9 Å². The molecule has 0 spiro atoms. The average Bonchev–Trinajstić information content (AvgIpc) is 2.55. The molecule has 1 heterocycles. The van der Waals surface area contributed by atoms with Crippen molar-refractivity contribution >= 4 is 28.9 Å². The molecule has 0 saturated carbocycles. The van der Waals surface area contributed by atoms with Crippen molar-refractivity contribution in [1.29, 1.82) is 0 Å². The van der Waals surface area contributed by atoms with Crippen LogP contribution in [0.3, 0.4) is 0 Å². The van der Waals surface area contributed by atoms with Crippen LogP contribution in [0.5, 0.6) is 0 Å². The molecule has 3 rings (SSSR count). The number of hydrogen-bond donors (Lipinski definition) is 1. The van der Waals surface area contributed by atoms with Crippen LogP contribution in [0.25, 0.3) is 0 Å². The lowest BCUT2D eigenvalue weighted by atomic mass is 10.2. The number of likely N-dealkylation sites (N-methyl/N-ethyl adjacent to an activating group) is 1. The normalized spacial score (nSPS) is 16.3. The third kappa shape index (κ3) is 4.49. The van der Waals surface area contributed by atoms with E-state index in [-0.39, 0.29) is 0 Å². The summed E-state index contributed by atoms with van der Waals surface area (Å²) in [6.45, 7) is 6.06. The van der Waals surface area contributed by atoms with Gasteiger partial charge >= 0.3 is 0 Å². The fourth-order valence-corrected chi connectivity index (χ4v) is 2.90. The monoisotopic (exact) mass is 342 g/mol. The lowest BCUT2D eigenvalue weighted by Crippen LogP contribution is -2.49. The molecule has 1 saturated heterocycles.